The predicted octanol–water partition coefficient (Wildman–Crippen LogP) is 1.66. The van der Waals surface area contributed by atoms with Crippen LogP contribution in [0, 0.1) is 6.92 Å². The summed E-state index contributed by atoms with van der Waals surface area (Å²) < 4.78 is 5.60. The van der Waals surface area contributed by atoms with Crippen molar-refractivity contribution in [2.45, 2.75) is 45.8 Å². The van der Waals surface area contributed by atoms with Crippen LogP contribution in [0.4, 0.5) is 0 Å². The highest BCUT2D eigenvalue weighted by Gasteiger charge is 2.35. The summed E-state index contributed by atoms with van der Waals surface area (Å²) >= 11 is 0. The first kappa shape index (κ1) is 15.0. The molecule has 0 heterocycles. The summed E-state index contributed by atoms with van der Waals surface area (Å²) in [6, 6.07) is 5.36. The molecule has 1 aromatic rings. The maximum atomic E-state index is 9.97. The van der Waals surface area contributed by atoms with Gasteiger partial charge in [0, 0.05) is 0 Å². The zero-order chi connectivity index (χ0) is 14.0. The third-order valence-electron chi connectivity index (χ3n) is 3.22. The fraction of sp³-hybridized carbons (Fsp3) is 0.538. The van der Waals surface area contributed by atoms with Gasteiger partial charge in [-0.3, -0.25) is 0 Å². The molecular formula is C13H20BO4. The smallest absolute Gasteiger partial charge is 0.334 e. The lowest BCUT2D eigenvalue weighted by Gasteiger charge is -2.37. The monoisotopic (exact) mass is 251 g/mol. The van der Waals surface area contributed by atoms with Crippen molar-refractivity contribution in [2.24, 2.45) is 0 Å². The molecule has 4 nitrogen and oxygen atoms in total. The molecule has 0 bridgehead atoms. The van der Waals surface area contributed by atoms with Crippen LogP contribution in [-0.2, 0) is 4.65 Å². The normalized spacial score (nSPS) is 12.4. The van der Waals surface area contributed by atoms with Gasteiger partial charge in [0.1, 0.15) is 0 Å². The van der Waals surface area contributed by atoms with Gasteiger partial charge in [0.25, 0.3) is 0 Å². The molecule has 18 heavy (non-hydrogen) atoms. The third kappa shape index (κ3) is 3.48. The first-order valence-electron chi connectivity index (χ1n) is 5.83. The molecule has 0 aliphatic carbocycles. The predicted molar refractivity (Wildman–Crippen MR) is 71.3 cm³/mol. The summed E-state index contributed by atoms with van der Waals surface area (Å²) in [5.74, 6) is 0.321. The van der Waals surface area contributed by atoms with E-state index in [1.807, 2.05) is 13.0 Å². The first-order valence-corrected chi connectivity index (χ1v) is 5.83. The third-order valence-corrected chi connectivity index (χ3v) is 3.22. The van der Waals surface area contributed by atoms with Crippen molar-refractivity contribution in [1.29, 1.82) is 0 Å². The molecule has 1 rings (SSSR count). The van der Waals surface area contributed by atoms with Crippen molar-refractivity contribution < 1.29 is 19.9 Å². The number of rotatable bonds is 5. The van der Waals surface area contributed by atoms with Crippen molar-refractivity contribution in [1.82, 2.24) is 0 Å². The van der Waals surface area contributed by atoms with Crippen LogP contribution >= 0.6 is 0 Å². The molecule has 0 saturated carbocycles. The SMILES string of the molecule is Cc1ccc([B]OC(C)(C)C(C)(C)O)c(OO)c1. The molecule has 0 unspecified atom stereocenters. The van der Waals surface area contributed by atoms with Crippen molar-refractivity contribution in [3.05, 3.63) is 23.8 Å². The van der Waals surface area contributed by atoms with Crippen molar-refractivity contribution in [2.75, 3.05) is 0 Å². The van der Waals surface area contributed by atoms with Gasteiger partial charge in [0.2, 0.25) is 0 Å². The molecule has 99 valence electrons. The fourth-order valence-corrected chi connectivity index (χ4v) is 1.17. The second-order valence-corrected chi connectivity index (χ2v) is 5.44. The van der Waals surface area contributed by atoms with Crippen molar-refractivity contribution >= 4 is 12.9 Å². The van der Waals surface area contributed by atoms with Gasteiger partial charge < -0.3 is 14.6 Å². The summed E-state index contributed by atoms with van der Waals surface area (Å²) in [6.45, 7) is 8.83. The van der Waals surface area contributed by atoms with Gasteiger partial charge >= 0.3 is 7.48 Å². The minimum Gasteiger partial charge on any atom is -0.426 e. The Bertz CT molecular complexity index is 410. The summed E-state index contributed by atoms with van der Waals surface area (Å²) in [4.78, 5) is 4.30. The van der Waals surface area contributed by atoms with Gasteiger partial charge in [-0.05, 0) is 51.7 Å². The van der Waals surface area contributed by atoms with Crippen LogP contribution in [0.2, 0.25) is 0 Å². The van der Waals surface area contributed by atoms with Crippen molar-refractivity contribution in [3.63, 3.8) is 0 Å². The zero-order valence-corrected chi connectivity index (χ0v) is 11.5. The van der Waals surface area contributed by atoms with Crippen LogP contribution < -0.4 is 10.4 Å². The van der Waals surface area contributed by atoms with Gasteiger partial charge in [0.05, 0.1) is 11.2 Å². The van der Waals surface area contributed by atoms with Crippen LogP contribution in [0.3, 0.4) is 0 Å². The number of hydrogen-bond donors (Lipinski definition) is 2. The highest BCUT2D eigenvalue weighted by atomic mass is 17.1. The number of benzene rings is 1. The molecule has 0 atom stereocenters. The Kier molecular flexibility index (Phi) is 4.43. The average molecular weight is 251 g/mol. The van der Waals surface area contributed by atoms with Crippen molar-refractivity contribution in [3.8, 4) is 5.75 Å². The highest BCUT2D eigenvalue weighted by molar-refractivity contribution is 6.48. The van der Waals surface area contributed by atoms with E-state index in [2.05, 4.69) is 4.89 Å². The van der Waals surface area contributed by atoms with Gasteiger partial charge in [-0.2, -0.15) is 0 Å². The lowest BCUT2D eigenvalue weighted by molar-refractivity contribution is -0.136. The molecular weight excluding hydrogens is 231 g/mol. The van der Waals surface area contributed by atoms with E-state index in [0.717, 1.165) is 5.56 Å². The van der Waals surface area contributed by atoms with Crippen LogP contribution in [0.15, 0.2) is 18.2 Å². The number of hydrogen-bond acceptors (Lipinski definition) is 4. The molecule has 0 spiro atoms. The van der Waals surface area contributed by atoms with E-state index in [1.165, 1.54) is 7.48 Å². The van der Waals surface area contributed by atoms with Gasteiger partial charge in [-0.15, -0.1) is 0 Å². The molecule has 2 N–H and O–H groups in total. The Hall–Kier alpha value is -1.04. The maximum absolute atomic E-state index is 9.97. The minimum atomic E-state index is -0.992. The number of aryl methyl sites for hydroxylation is 1. The number of aliphatic hydroxyl groups is 1. The van der Waals surface area contributed by atoms with E-state index in [1.54, 1.807) is 39.8 Å². The standard InChI is InChI=1S/C13H20BO4/c1-9-6-7-10(11(8-9)17-16)14-18-13(4,5)12(2,3)15/h6-8,15-16H,1-5H3. The van der Waals surface area contributed by atoms with Crippen LogP contribution in [-0.4, -0.2) is 29.0 Å². The zero-order valence-electron chi connectivity index (χ0n) is 11.5. The Morgan fingerprint density at radius 3 is 2.28 bits per heavy atom. The quantitative estimate of drug-likeness (QED) is 0.474. The van der Waals surface area contributed by atoms with E-state index >= 15 is 0 Å². The average Bonchev–Trinajstić information content (AvgIpc) is 2.25. The van der Waals surface area contributed by atoms with Gasteiger partial charge in [-0.25, -0.2) is 5.26 Å². The van der Waals surface area contributed by atoms with Crippen LogP contribution in [0.1, 0.15) is 33.3 Å². The lowest BCUT2D eigenvalue weighted by atomic mass is 9.82. The Balaban J connectivity index is 2.81. The molecule has 1 radical (unpaired) electrons. The Labute approximate surface area is 109 Å². The second-order valence-electron chi connectivity index (χ2n) is 5.44. The largest absolute Gasteiger partial charge is 0.426 e. The van der Waals surface area contributed by atoms with E-state index in [0.29, 0.717) is 11.2 Å². The molecule has 0 aliphatic rings. The first-order chi connectivity index (χ1) is 8.17. The van der Waals surface area contributed by atoms with Gasteiger partial charge in [-0.1, -0.05) is 12.1 Å². The summed E-state index contributed by atoms with van der Waals surface area (Å²) in [5.41, 5.74) is -0.169. The second kappa shape index (κ2) is 5.30. The Morgan fingerprint density at radius 2 is 1.78 bits per heavy atom. The molecule has 0 fully saturated rings. The van der Waals surface area contributed by atoms with E-state index in [-0.39, 0.29) is 0 Å². The van der Waals surface area contributed by atoms with E-state index < -0.39 is 11.2 Å². The summed E-state index contributed by atoms with van der Waals surface area (Å²) in [7, 11) is 1.48. The Morgan fingerprint density at radius 1 is 1.17 bits per heavy atom. The molecule has 0 aromatic heterocycles. The van der Waals surface area contributed by atoms with E-state index in [9.17, 15) is 5.11 Å². The lowest BCUT2D eigenvalue weighted by Crippen LogP contribution is -2.49. The van der Waals surface area contributed by atoms with Crippen LogP contribution in [0.25, 0.3) is 0 Å². The molecule has 0 amide bonds. The maximum Gasteiger partial charge on any atom is 0.334 e. The molecule has 1 aromatic carbocycles. The molecule has 5 heteroatoms. The minimum absolute atomic E-state index is 0.321. The summed E-state index contributed by atoms with van der Waals surface area (Å²) in [5, 5.41) is 18.8. The molecule has 0 aliphatic heterocycles. The van der Waals surface area contributed by atoms with Crippen LogP contribution in [0.5, 0.6) is 5.75 Å². The van der Waals surface area contributed by atoms with Gasteiger partial charge in [0.15, 0.2) is 5.75 Å². The molecule has 0 saturated heterocycles. The highest BCUT2D eigenvalue weighted by Crippen LogP contribution is 2.24. The van der Waals surface area contributed by atoms with E-state index in [4.69, 9.17) is 9.91 Å². The summed E-state index contributed by atoms with van der Waals surface area (Å²) in [6.07, 6.45) is 0. The topological polar surface area (TPSA) is 58.9 Å². The fourth-order valence-electron chi connectivity index (χ4n) is 1.17.